The normalized spacial score (nSPS) is 16.5. The molecule has 8 heteroatoms. The summed E-state index contributed by atoms with van der Waals surface area (Å²) in [6.07, 6.45) is 0. The minimum Gasteiger partial charge on any atom is -0.325 e. The number of rotatable bonds is 7. The van der Waals surface area contributed by atoms with Crippen LogP contribution in [0.1, 0.15) is 13.8 Å². The molecule has 0 saturated carbocycles. The van der Waals surface area contributed by atoms with E-state index in [0.717, 1.165) is 16.5 Å². The summed E-state index contributed by atoms with van der Waals surface area (Å²) in [4.78, 5) is 14.4. The van der Waals surface area contributed by atoms with Gasteiger partial charge in [-0.05, 0) is 22.9 Å². The molecule has 0 radical (unpaired) electrons. The number of carbonyl (C=O) groups is 1. The monoisotopic (exact) mass is 404 g/mol. The van der Waals surface area contributed by atoms with Gasteiger partial charge in [-0.25, -0.2) is 0 Å². The molecule has 3 rings (SSSR count). The maximum atomic E-state index is 12.6. The molecule has 1 N–H and O–H groups in total. The fourth-order valence-corrected chi connectivity index (χ4v) is 5.11. The van der Waals surface area contributed by atoms with E-state index in [1.807, 2.05) is 61.2 Å². The Kier molecular flexibility index (Phi) is 6.66. The second-order valence-corrected chi connectivity index (χ2v) is 8.81. The second kappa shape index (κ2) is 9.00. The number of hydrogen-bond donors (Lipinski definition) is 1. The van der Waals surface area contributed by atoms with E-state index in [0.29, 0.717) is 39.3 Å². The van der Waals surface area contributed by atoms with Crippen molar-refractivity contribution in [2.45, 2.75) is 13.8 Å². The summed E-state index contributed by atoms with van der Waals surface area (Å²) in [7, 11) is -3.41. The van der Waals surface area contributed by atoms with E-state index in [2.05, 4.69) is 5.32 Å². The summed E-state index contributed by atoms with van der Waals surface area (Å²) in [6, 6.07) is 13.9. The molecule has 1 aliphatic heterocycles. The molecule has 1 heterocycles. The number of hydrogen-bond acceptors (Lipinski definition) is 4. The highest BCUT2D eigenvalue weighted by Gasteiger charge is 2.31. The molecule has 0 unspecified atom stereocenters. The Hall–Kier alpha value is -2.00. The Bertz CT molecular complexity index is 920. The van der Waals surface area contributed by atoms with Gasteiger partial charge < -0.3 is 5.32 Å². The molecule has 1 fully saturated rings. The maximum Gasteiger partial charge on any atom is 0.282 e. The molecular formula is C20H28N4O3S. The van der Waals surface area contributed by atoms with Gasteiger partial charge in [0.1, 0.15) is 0 Å². The van der Waals surface area contributed by atoms with Gasteiger partial charge in [-0.1, -0.05) is 44.2 Å². The van der Waals surface area contributed by atoms with Gasteiger partial charge in [0.05, 0.1) is 6.54 Å². The number of fused-ring (bicyclic) bond motifs is 1. The number of nitrogens with zero attached hydrogens (tertiary/aromatic N) is 3. The molecule has 0 bridgehead atoms. The summed E-state index contributed by atoms with van der Waals surface area (Å²) in [5.41, 5.74) is 0.770. The minimum absolute atomic E-state index is 0.0877. The Morgan fingerprint density at radius 1 is 1.00 bits per heavy atom. The zero-order valence-corrected chi connectivity index (χ0v) is 17.3. The van der Waals surface area contributed by atoms with E-state index in [1.54, 1.807) is 0 Å². The van der Waals surface area contributed by atoms with Crippen molar-refractivity contribution >= 4 is 32.6 Å². The Balaban J connectivity index is 1.53. The number of anilines is 1. The van der Waals surface area contributed by atoms with Crippen LogP contribution in [0.4, 0.5) is 5.69 Å². The molecule has 1 aliphatic rings. The van der Waals surface area contributed by atoms with Crippen LogP contribution in [0.25, 0.3) is 10.8 Å². The summed E-state index contributed by atoms with van der Waals surface area (Å²) >= 11 is 0. The molecule has 2 aromatic rings. The van der Waals surface area contributed by atoms with Crippen LogP contribution in [-0.4, -0.2) is 73.6 Å². The van der Waals surface area contributed by atoms with Gasteiger partial charge in [0.15, 0.2) is 0 Å². The first kappa shape index (κ1) is 20.7. The predicted molar refractivity (Wildman–Crippen MR) is 112 cm³/mol. The number of piperazine rings is 1. The summed E-state index contributed by atoms with van der Waals surface area (Å²) in [5, 5.41) is 5.15. The lowest BCUT2D eigenvalue weighted by atomic mass is 10.1. The van der Waals surface area contributed by atoms with Crippen molar-refractivity contribution in [1.29, 1.82) is 0 Å². The highest BCUT2D eigenvalue weighted by Crippen LogP contribution is 2.19. The third kappa shape index (κ3) is 4.70. The van der Waals surface area contributed by atoms with E-state index < -0.39 is 10.2 Å². The first-order chi connectivity index (χ1) is 13.4. The van der Waals surface area contributed by atoms with Crippen molar-refractivity contribution in [3.8, 4) is 0 Å². The fraction of sp³-hybridized carbons (Fsp3) is 0.450. The molecular weight excluding hydrogens is 376 g/mol. The number of nitrogens with one attached hydrogen (secondary N) is 1. The molecule has 1 amide bonds. The highest BCUT2D eigenvalue weighted by atomic mass is 32.2. The molecule has 0 spiro atoms. The molecule has 152 valence electrons. The van der Waals surface area contributed by atoms with Crippen LogP contribution >= 0.6 is 0 Å². The Morgan fingerprint density at radius 2 is 1.64 bits per heavy atom. The van der Waals surface area contributed by atoms with Crippen molar-refractivity contribution in [3.63, 3.8) is 0 Å². The van der Waals surface area contributed by atoms with E-state index >= 15 is 0 Å². The van der Waals surface area contributed by atoms with Crippen molar-refractivity contribution in [3.05, 3.63) is 42.5 Å². The van der Waals surface area contributed by atoms with E-state index in [-0.39, 0.29) is 12.5 Å². The van der Waals surface area contributed by atoms with Gasteiger partial charge in [0.25, 0.3) is 10.2 Å². The van der Waals surface area contributed by atoms with E-state index in [1.165, 1.54) is 8.61 Å². The quantitative estimate of drug-likeness (QED) is 0.766. The van der Waals surface area contributed by atoms with Crippen molar-refractivity contribution < 1.29 is 13.2 Å². The van der Waals surface area contributed by atoms with Gasteiger partial charge in [-0.2, -0.15) is 17.0 Å². The lowest BCUT2D eigenvalue weighted by molar-refractivity contribution is -0.117. The topological polar surface area (TPSA) is 73.0 Å². The van der Waals surface area contributed by atoms with Crippen molar-refractivity contribution in [1.82, 2.24) is 13.5 Å². The first-order valence-corrected chi connectivity index (χ1v) is 11.1. The van der Waals surface area contributed by atoms with Crippen molar-refractivity contribution in [2.75, 3.05) is 51.1 Å². The van der Waals surface area contributed by atoms with Crippen LogP contribution < -0.4 is 5.32 Å². The van der Waals surface area contributed by atoms with E-state index in [9.17, 15) is 13.2 Å². The molecule has 0 aromatic heterocycles. The molecule has 0 atom stereocenters. The minimum atomic E-state index is -3.41. The predicted octanol–water partition coefficient (Wildman–Crippen LogP) is 1.98. The summed E-state index contributed by atoms with van der Waals surface area (Å²) in [6.45, 7) is 6.77. The van der Waals surface area contributed by atoms with Gasteiger partial charge in [-0.15, -0.1) is 0 Å². The van der Waals surface area contributed by atoms with Crippen LogP contribution in [0.3, 0.4) is 0 Å². The lowest BCUT2D eigenvalue weighted by Crippen LogP contribution is -2.54. The third-order valence-corrected chi connectivity index (χ3v) is 7.28. The standard InChI is InChI=1S/C20H28N4O3S/c1-3-23(4-2)28(26,27)24-13-11-22(12-14-24)16-20(25)21-19-10-9-17-7-5-6-8-18(17)15-19/h5-10,15H,3-4,11-14,16H2,1-2H3,(H,21,25). The van der Waals surface area contributed by atoms with Gasteiger partial charge in [-0.3, -0.25) is 9.69 Å². The fourth-order valence-electron chi connectivity index (χ4n) is 3.50. The number of benzene rings is 2. The highest BCUT2D eigenvalue weighted by molar-refractivity contribution is 7.86. The zero-order chi connectivity index (χ0) is 20.1. The van der Waals surface area contributed by atoms with Gasteiger partial charge in [0, 0.05) is 45.0 Å². The van der Waals surface area contributed by atoms with E-state index in [4.69, 9.17) is 0 Å². The van der Waals surface area contributed by atoms with Crippen LogP contribution in [0.15, 0.2) is 42.5 Å². The zero-order valence-electron chi connectivity index (χ0n) is 16.5. The average Bonchev–Trinajstić information content (AvgIpc) is 2.69. The average molecular weight is 405 g/mol. The largest absolute Gasteiger partial charge is 0.325 e. The van der Waals surface area contributed by atoms with Gasteiger partial charge in [0.2, 0.25) is 5.91 Å². The van der Waals surface area contributed by atoms with Crippen LogP contribution in [0.5, 0.6) is 0 Å². The maximum absolute atomic E-state index is 12.6. The van der Waals surface area contributed by atoms with Crippen LogP contribution in [0, 0.1) is 0 Å². The van der Waals surface area contributed by atoms with Crippen LogP contribution in [-0.2, 0) is 15.0 Å². The summed E-state index contributed by atoms with van der Waals surface area (Å²) in [5.74, 6) is -0.0877. The number of carbonyl (C=O) groups excluding carboxylic acids is 1. The molecule has 28 heavy (non-hydrogen) atoms. The summed E-state index contributed by atoms with van der Waals surface area (Å²) < 4.78 is 28.1. The first-order valence-electron chi connectivity index (χ1n) is 9.70. The molecule has 1 saturated heterocycles. The third-order valence-electron chi connectivity index (χ3n) is 5.09. The van der Waals surface area contributed by atoms with Crippen LogP contribution in [0.2, 0.25) is 0 Å². The lowest BCUT2D eigenvalue weighted by Gasteiger charge is -2.35. The second-order valence-electron chi connectivity index (χ2n) is 6.88. The molecule has 0 aliphatic carbocycles. The Labute approximate surface area is 167 Å². The smallest absolute Gasteiger partial charge is 0.282 e. The molecule has 7 nitrogen and oxygen atoms in total. The SMILES string of the molecule is CCN(CC)S(=O)(=O)N1CCN(CC(=O)Nc2ccc3ccccc3c2)CC1. The Morgan fingerprint density at radius 3 is 2.29 bits per heavy atom. The molecule has 2 aromatic carbocycles. The van der Waals surface area contributed by atoms with Crippen molar-refractivity contribution in [2.24, 2.45) is 0 Å². The van der Waals surface area contributed by atoms with Gasteiger partial charge >= 0.3 is 0 Å². The number of amides is 1.